The van der Waals surface area contributed by atoms with Gasteiger partial charge in [-0.3, -0.25) is 9.48 Å². The van der Waals surface area contributed by atoms with Crippen LogP contribution in [0.4, 0.5) is 5.69 Å². The van der Waals surface area contributed by atoms with Crippen LogP contribution in [0, 0.1) is 0 Å². The van der Waals surface area contributed by atoms with Gasteiger partial charge in [-0.1, -0.05) is 29.3 Å². The highest BCUT2D eigenvalue weighted by molar-refractivity contribution is 6.37. The van der Waals surface area contributed by atoms with Gasteiger partial charge in [0.15, 0.2) is 18.2 Å². The molecule has 28 heavy (non-hydrogen) atoms. The van der Waals surface area contributed by atoms with Gasteiger partial charge in [0, 0.05) is 18.9 Å². The molecule has 0 aliphatic carbocycles. The van der Waals surface area contributed by atoms with Gasteiger partial charge in [-0.25, -0.2) is 4.68 Å². The highest BCUT2D eigenvalue weighted by Gasteiger charge is 2.12. The first-order valence-electron chi connectivity index (χ1n) is 8.51. The van der Waals surface area contributed by atoms with Crippen LogP contribution in [-0.2, 0) is 13.3 Å². The second-order valence-corrected chi connectivity index (χ2v) is 7.13. The van der Waals surface area contributed by atoms with E-state index in [-0.39, 0.29) is 18.3 Å². The topological polar surface area (TPSA) is 77.2 Å². The number of nitrogens with one attached hydrogen (secondary N) is 1. The molecule has 3 rings (SSSR count). The maximum Gasteiger partial charge on any atom is 0.276 e. The summed E-state index contributed by atoms with van der Waals surface area (Å²) in [5, 5.41) is 12.0. The zero-order valence-corrected chi connectivity index (χ0v) is 17.0. The van der Waals surface area contributed by atoms with E-state index in [1.165, 1.54) is 4.68 Å². The number of hydrogen-bond acceptors (Lipinski definition) is 5. The predicted octanol–water partition coefficient (Wildman–Crippen LogP) is 3.24. The lowest BCUT2D eigenvalue weighted by Crippen LogP contribution is -2.18. The summed E-state index contributed by atoms with van der Waals surface area (Å²) < 4.78 is 8.86. The van der Waals surface area contributed by atoms with E-state index in [4.69, 9.17) is 27.9 Å². The molecule has 1 aromatic carbocycles. The summed E-state index contributed by atoms with van der Waals surface area (Å²) in [5.74, 6) is 0.0409. The molecule has 0 saturated carbocycles. The highest BCUT2D eigenvalue weighted by Crippen LogP contribution is 2.32. The van der Waals surface area contributed by atoms with Gasteiger partial charge in [0.25, 0.3) is 5.91 Å². The molecule has 0 spiro atoms. The number of nitrogens with zero attached hydrogens (tertiary/aromatic N) is 5. The maximum absolute atomic E-state index is 12.4. The summed E-state index contributed by atoms with van der Waals surface area (Å²) >= 11 is 12.1. The number of halogens is 2. The quantitative estimate of drug-likeness (QED) is 0.602. The first-order valence-corrected chi connectivity index (χ1v) is 9.27. The number of carbonyl (C=O) groups excluding carboxylic acids is 1. The van der Waals surface area contributed by atoms with Crippen LogP contribution < -0.4 is 10.1 Å². The summed E-state index contributed by atoms with van der Waals surface area (Å²) in [6.45, 7) is 1.66. The molecule has 8 nitrogen and oxygen atoms in total. The van der Waals surface area contributed by atoms with E-state index < -0.39 is 0 Å². The molecule has 2 heterocycles. The number of hydrogen-bond donors (Lipinski definition) is 1. The van der Waals surface area contributed by atoms with E-state index in [1.54, 1.807) is 47.5 Å². The number of aromatic nitrogens is 4. The molecule has 0 radical (unpaired) electrons. The van der Waals surface area contributed by atoms with E-state index in [1.807, 2.05) is 14.1 Å². The van der Waals surface area contributed by atoms with E-state index in [0.717, 1.165) is 13.1 Å². The van der Waals surface area contributed by atoms with Gasteiger partial charge in [-0.05, 0) is 32.3 Å². The van der Waals surface area contributed by atoms with Crippen molar-refractivity contribution in [3.05, 3.63) is 58.6 Å². The third-order valence-electron chi connectivity index (χ3n) is 3.80. The lowest BCUT2D eigenvalue weighted by atomic mass is 10.3. The Morgan fingerprint density at radius 2 is 1.96 bits per heavy atom. The molecule has 148 valence electrons. The smallest absolute Gasteiger partial charge is 0.276 e. The third kappa shape index (κ3) is 5.25. The number of amides is 1. The summed E-state index contributed by atoms with van der Waals surface area (Å²) in [6, 6.07) is 6.70. The molecule has 3 aromatic rings. The Bertz CT molecular complexity index is 933. The fraction of sp³-hybridized carbons (Fsp3) is 0.278. The number of para-hydroxylation sites is 1. The largest absolute Gasteiger partial charge is 0.468 e. The van der Waals surface area contributed by atoms with Crippen molar-refractivity contribution in [2.45, 2.75) is 13.3 Å². The fourth-order valence-corrected chi connectivity index (χ4v) is 2.86. The summed E-state index contributed by atoms with van der Waals surface area (Å²) in [6.07, 6.45) is 5.02. The van der Waals surface area contributed by atoms with Crippen molar-refractivity contribution in [2.24, 2.45) is 0 Å². The molecule has 0 bridgehead atoms. The highest BCUT2D eigenvalue weighted by atomic mass is 35.5. The molecule has 0 atom stereocenters. The molecule has 0 saturated heterocycles. The van der Waals surface area contributed by atoms with Crippen molar-refractivity contribution in [2.75, 3.05) is 26.0 Å². The number of carbonyl (C=O) groups is 1. The van der Waals surface area contributed by atoms with Crippen molar-refractivity contribution in [1.82, 2.24) is 24.5 Å². The molecular weight excluding hydrogens is 403 g/mol. The minimum atomic E-state index is -0.332. The van der Waals surface area contributed by atoms with Crippen molar-refractivity contribution >= 4 is 34.8 Å². The minimum absolute atomic E-state index is 0.0687. The molecule has 0 aliphatic heterocycles. The van der Waals surface area contributed by atoms with Crippen LogP contribution in [0.15, 0.2) is 42.9 Å². The number of ether oxygens (including phenoxy) is 1. The number of benzene rings is 1. The van der Waals surface area contributed by atoms with Gasteiger partial charge in [0.1, 0.15) is 0 Å². The van der Waals surface area contributed by atoms with Gasteiger partial charge in [0.05, 0.1) is 28.5 Å². The summed E-state index contributed by atoms with van der Waals surface area (Å²) in [5.41, 5.74) is 0.868. The fourth-order valence-electron chi connectivity index (χ4n) is 2.35. The Kier molecular flexibility index (Phi) is 6.56. The normalized spacial score (nSPS) is 11.0. The average Bonchev–Trinajstić information content (AvgIpc) is 3.29. The Balaban J connectivity index is 1.57. The van der Waals surface area contributed by atoms with Crippen molar-refractivity contribution in [3.8, 4) is 5.75 Å². The Morgan fingerprint density at radius 3 is 2.68 bits per heavy atom. The summed E-state index contributed by atoms with van der Waals surface area (Å²) in [4.78, 5) is 14.4. The molecule has 2 aromatic heterocycles. The second-order valence-electron chi connectivity index (χ2n) is 6.31. The molecule has 10 heteroatoms. The number of likely N-dealkylation sites (N-methyl/N-ethyl adjacent to an activating group) is 1. The second kappa shape index (κ2) is 9.09. The SMILES string of the molecule is CN(C)CCn1cc(NC(=O)c2ccn(COc3c(Cl)cccc3Cl)n2)cn1. The Hall–Kier alpha value is -2.55. The maximum atomic E-state index is 12.4. The minimum Gasteiger partial charge on any atom is -0.468 e. The first kappa shape index (κ1) is 20.2. The third-order valence-corrected chi connectivity index (χ3v) is 4.40. The van der Waals surface area contributed by atoms with Gasteiger partial charge < -0.3 is 15.0 Å². The molecule has 1 N–H and O–H groups in total. The van der Waals surface area contributed by atoms with Crippen LogP contribution in [0.2, 0.25) is 10.0 Å². The lowest BCUT2D eigenvalue weighted by Gasteiger charge is -2.09. The van der Waals surface area contributed by atoms with E-state index in [2.05, 4.69) is 20.4 Å². The standard InChI is InChI=1S/C18H20Cl2N6O2/c1-24(2)8-9-25-11-13(10-21-25)22-18(27)16-6-7-26(23-16)12-28-17-14(19)4-3-5-15(17)20/h3-7,10-11H,8-9,12H2,1-2H3,(H,22,27). The lowest BCUT2D eigenvalue weighted by molar-refractivity contribution is 0.102. The van der Waals surface area contributed by atoms with Crippen molar-refractivity contribution in [3.63, 3.8) is 0 Å². The molecule has 0 aliphatic rings. The summed E-state index contributed by atoms with van der Waals surface area (Å²) in [7, 11) is 3.98. The van der Waals surface area contributed by atoms with Gasteiger partial charge in [-0.15, -0.1) is 0 Å². The van der Waals surface area contributed by atoms with Crippen LogP contribution in [-0.4, -0.2) is 51.0 Å². The van der Waals surface area contributed by atoms with Crippen molar-refractivity contribution in [1.29, 1.82) is 0 Å². The molecule has 0 unspecified atom stereocenters. The van der Waals surface area contributed by atoms with Gasteiger partial charge in [-0.2, -0.15) is 10.2 Å². The first-order chi connectivity index (χ1) is 13.4. The zero-order valence-electron chi connectivity index (χ0n) is 15.5. The van der Waals surface area contributed by atoms with Gasteiger partial charge >= 0.3 is 0 Å². The van der Waals surface area contributed by atoms with Crippen LogP contribution in [0.1, 0.15) is 10.5 Å². The predicted molar refractivity (Wildman–Crippen MR) is 108 cm³/mol. The van der Waals surface area contributed by atoms with E-state index in [0.29, 0.717) is 21.5 Å². The number of rotatable bonds is 8. The monoisotopic (exact) mass is 422 g/mol. The molecule has 1 amide bonds. The van der Waals surface area contributed by atoms with Crippen molar-refractivity contribution < 1.29 is 9.53 Å². The average molecular weight is 423 g/mol. The Morgan fingerprint density at radius 1 is 1.21 bits per heavy atom. The molecular formula is C18H20Cl2N6O2. The van der Waals surface area contributed by atoms with Crippen LogP contribution in [0.3, 0.4) is 0 Å². The van der Waals surface area contributed by atoms with Gasteiger partial charge in [0.2, 0.25) is 0 Å². The van der Waals surface area contributed by atoms with Crippen LogP contribution >= 0.6 is 23.2 Å². The van der Waals surface area contributed by atoms with Crippen LogP contribution in [0.5, 0.6) is 5.75 Å². The van der Waals surface area contributed by atoms with E-state index >= 15 is 0 Å². The van der Waals surface area contributed by atoms with E-state index in [9.17, 15) is 4.79 Å². The van der Waals surface area contributed by atoms with Crippen LogP contribution in [0.25, 0.3) is 0 Å². The Labute approximate surface area is 172 Å². The molecule has 0 fully saturated rings. The number of anilines is 1. The zero-order chi connectivity index (χ0) is 20.1.